The summed E-state index contributed by atoms with van der Waals surface area (Å²) in [6, 6.07) is 6.60. The highest BCUT2D eigenvalue weighted by Gasteiger charge is 2.01. The Labute approximate surface area is 88.4 Å². The SMILES string of the molecule is Cc1cn(Cc2cccc(F)c2)nc1C. The summed E-state index contributed by atoms with van der Waals surface area (Å²) in [5, 5.41) is 4.33. The Morgan fingerprint density at radius 3 is 2.73 bits per heavy atom. The first-order valence-electron chi connectivity index (χ1n) is 4.90. The molecule has 0 radical (unpaired) electrons. The Kier molecular flexibility index (Phi) is 2.54. The first kappa shape index (κ1) is 9.90. The van der Waals surface area contributed by atoms with Gasteiger partial charge in [-0.3, -0.25) is 4.68 Å². The summed E-state index contributed by atoms with van der Waals surface area (Å²) in [6.45, 7) is 4.61. The molecule has 0 saturated carbocycles. The van der Waals surface area contributed by atoms with Crippen LogP contribution in [0.25, 0.3) is 0 Å². The number of halogens is 1. The maximum Gasteiger partial charge on any atom is 0.123 e. The molecule has 0 N–H and O–H groups in total. The van der Waals surface area contributed by atoms with Gasteiger partial charge in [0.15, 0.2) is 0 Å². The second-order valence-corrected chi connectivity index (χ2v) is 3.73. The highest BCUT2D eigenvalue weighted by molar-refractivity contribution is 5.18. The second kappa shape index (κ2) is 3.85. The molecule has 1 aromatic carbocycles. The van der Waals surface area contributed by atoms with Crippen LogP contribution in [0.15, 0.2) is 30.5 Å². The van der Waals surface area contributed by atoms with Crippen molar-refractivity contribution in [2.24, 2.45) is 0 Å². The van der Waals surface area contributed by atoms with Crippen LogP contribution in [0.2, 0.25) is 0 Å². The topological polar surface area (TPSA) is 17.8 Å². The molecule has 0 spiro atoms. The van der Waals surface area contributed by atoms with Crippen LogP contribution >= 0.6 is 0 Å². The van der Waals surface area contributed by atoms with E-state index in [1.54, 1.807) is 6.07 Å². The van der Waals surface area contributed by atoms with E-state index in [1.807, 2.05) is 30.8 Å². The van der Waals surface area contributed by atoms with E-state index in [0.29, 0.717) is 6.54 Å². The molecule has 1 aromatic heterocycles. The molecule has 0 atom stereocenters. The van der Waals surface area contributed by atoms with Crippen molar-refractivity contribution in [3.63, 3.8) is 0 Å². The van der Waals surface area contributed by atoms with Crippen LogP contribution in [0.1, 0.15) is 16.8 Å². The number of hydrogen-bond donors (Lipinski definition) is 0. The molecule has 78 valence electrons. The summed E-state index contributed by atoms with van der Waals surface area (Å²) in [7, 11) is 0. The largest absolute Gasteiger partial charge is 0.268 e. The lowest BCUT2D eigenvalue weighted by Crippen LogP contribution is -2.00. The molecule has 0 saturated heterocycles. The molecule has 15 heavy (non-hydrogen) atoms. The highest BCUT2D eigenvalue weighted by Crippen LogP contribution is 2.08. The van der Waals surface area contributed by atoms with Crippen molar-refractivity contribution >= 4 is 0 Å². The Hall–Kier alpha value is -1.64. The lowest BCUT2D eigenvalue weighted by molar-refractivity contribution is 0.618. The van der Waals surface area contributed by atoms with Crippen molar-refractivity contribution in [2.45, 2.75) is 20.4 Å². The molecule has 0 unspecified atom stereocenters. The second-order valence-electron chi connectivity index (χ2n) is 3.73. The Morgan fingerprint density at radius 1 is 1.33 bits per heavy atom. The molecule has 0 aliphatic carbocycles. The van der Waals surface area contributed by atoms with E-state index >= 15 is 0 Å². The highest BCUT2D eigenvalue weighted by atomic mass is 19.1. The number of nitrogens with zero attached hydrogens (tertiary/aromatic N) is 2. The van der Waals surface area contributed by atoms with Gasteiger partial charge in [0.1, 0.15) is 5.82 Å². The van der Waals surface area contributed by atoms with Crippen LogP contribution < -0.4 is 0 Å². The fraction of sp³-hybridized carbons (Fsp3) is 0.250. The van der Waals surface area contributed by atoms with Gasteiger partial charge in [0.05, 0.1) is 12.2 Å². The van der Waals surface area contributed by atoms with E-state index in [-0.39, 0.29) is 5.82 Å². The fourth-order valence-electron chi connectivity index (χ4n) is 1.52. The normalized spacial score (nSPS) is 10.6. The standard InChI is InChI=1S/C12H13FN2/c1-9-7-15(14-10(9)2)8-11-4-3-5-12(13)6-11/h3-7H,8H2,1-2H3. The number of aryl methyl sites for hydroxylation is 2. The molecule has 1 heterocycles. The summed E-state index contributed by atoms with van der Waals surface area (Å²) in [6.07, 6.45) is 1.97. The maximum atomic E-state index is 12.9. The van der Waals surface area contributed by atoms with Crippen molar-refractivity contribution in [3.8, 4) is 0 Å². The van der Waals surface area contributed by atoms with E-state index in [0.717, 1.165) is 16.8 Å². The molecule has 2 aromatic rings. The molecule has 0 bridgehead atoms. The van der Waals surface area contributed by atoms with Gasteiger partial charge in [-0.15, -0.1) is 0 Å². The minimum atomic E-state index is -0.201. The molecule has 0 fully saturated rings. The predicted octanol–water partition coefficient (Wildman–Crippen LogP) is 2.69. The van der Waals surface area contributed by atoms with Crippen LogP contribution in [-0.2, 0) is 6.54 Å². The van der Waals surface area contributed by atoms with E-state index in [9.17, 15) is 4.39 Å². The van der Waals surface area contributed by atoms with Gasteiger partial charge in [-0.1, -0.05) is 12.1 Å². The number of aromatic nitrogens is 2. The maximum absolute atomic E-state index is 12.9. The molecule has 0 amide bonds. The third kappa shape index (κ3) is 2.24. The van der Waals surface area contributed by atoms with E-state index < -0.39 is 0 Å². The van der Waals surface area contributed by atoms with Gasteiger partial charge in [0, 0.05) is 6.20 Å². The molecule has 2 nitrogen and oxygen atoms in total. The molecule has 3 heteroatoms. The van der Waals surface area contributed by atoms with Gasteiger partial charge in [0.2, 0.25) is 0 Å². The minimum Gasteiger partial charge on any atom is -0.268 e. The van der Waals surface area contributed by atoms with Gasteiger partial charge in [-0.05, 0) is 37.1 Å². The average molecular weight is 204 g/mol. The predicted molar refractivity (Wildman–Crippen MR) is 57.2 cm³/mol. The lowest BCUT2D eigenvalue weighted by atomic mass is 10.2. The van der Waals surface area contributed by atoms with Crippen molar-refractivity contribution in [1.82, 2.24) is 9.78 Å². The monoisotopic (exact) mass is 204 g/mol. The number of hydrogen-bond acceptors (Lipinski definition) is 1. The number of benzene rings is 1. The van der Waals surface area contributed by atoms with E-state index in [1.165, 1.54) is 12.1 Å². The first-order valence-corrected chi connectivity index (χ1v) is 4.90. The third-order valence-corrected chi connectivity index (χ3v) is 2.43. The van der Waals surface area contributed by atoms with Gasteiger partial charge in [-0.25, -0.2) is 4.39 Å². The summed E-state index contributed by atoms with van der Waals surface area (Å²) in [4.78, 5) is 0. The van der Waals surface area contributed by atoms with E-state index in [4.69, 9.17) is 0 Å². The molecule has 2 rings (SSSR count). The zero-order valence-electron chi connectivity index (χ0n) is 8.87. The van der Waals surface area contributed by atoms with Crippen molar-refractivity contribution in [1.29, 1.82) is 0 Å². The molecule has 0 aliphatic heterocycles. The first-order chi connectivity index (χ1) is 7.15. The smallest absolute Gasteiger partial charge is 0.123 e. The quantitative estimate of drug-likeness (QED) is 0.735. The van der Waals surface area contributed by atoms with Crippen molar-refractivity contribution in [3.05, 3.63) is 53.1 Å². The summed E-state index contributed by atoms with van der Waals surface area (Å²) in [5.41, 5.74) is 3.11. The van der Waals surface area contributed by atoms with Crippen LogP contribution in [0.3, 0.4) is 0 Å². The fourth-order valence-corrected chi connectivity index (χ4v) is 1.52. The summed E-state index contributed by atoms with van der Waals surface area (Å²) in [5.74, 6) is -0.201. The average Bonchev–Trinajstić information content (AvgIpc) is 2.45. The van der Waals surface area contributed by atoms with Crippen LogP contribution in [0, 0.1) is 19.7 Å². The molecular formula is C12H13FN2. The van der Waals surface area contributed by atoms with Crippen LogP contribution in [0.4, 0.5) is 4.39 Å². The molecular weight excluding hydrogens is 191 g/mol. The summed E-state index contributed by atoms with van der Waals surface area (Å²) >= 11 is 0. The van der Waals surface area contributed by atoms with Gasteiger partial charge >= 0.3 is 0 Å². The Balaban J connectivity index is 2.22. The van der Waals surface area contributed by atoms with Crippen LogP contribution in [0.5, 0.6) is 0 Å². The van der Waals surface area contributed by atoms with Crippen molar-refractivity contribution in [2.75, 3.05) is 0 Å². The summed E-state index contributed by atoms with van der Waals surface area (Å²) < 4.78 is 14.8. The van der Waals surface area contributed by atoms with E-state index in [2.05, 4.69) is 5.10 Å². The van der Waals surface area contributed by atoms with Crippen LogP contribution in [-0.4, -0.2) is 9.78 Å². The zero-order valence-corrected chi connectivity index (χ0v) is 8.87. The van der Waals surface area contributed by atoms with Crippen molar-refractivity contribution < 1.29 is 4.39 Å². The Morgan fingerprint density at radius 2 is 2.13 bits per heavy atom. The Bertz CT molecular complexity index is 455. The molecule has 0 aliphatic rings. The number of rotatable bonds is 2. The van der Waals surface area contributed by atoms with Gasteiger partial charge < -0.3 is 0 Å². The zero-order chi connectivity index (χ0) is 10.8. The lowest BCUT2D eigenvalue weighted by Gasteiger charge is -2.01. The van der Waals surface area contributed by atoms with Gasteiger partial charge in [-0.2, -0.15) is 5.10 Å². The third-order valence-electron chi connectivity index (χ3n) is 2.43. The minimum absolute atomic E-state index is 0.201. The van der Waals surface area contributed by atoms with Gasteiger partial charge in [0.25, 0.3) is 0 Å².